The van der Waals surface area contributed by atoms with E-state index in [1.807, 2.05) is 0 Å². The smallest absolute Gasteiger partial charge is 0.274 e. The summed E-state index contributed by atoms with van der Waals surface area (Å²) >= 11 is 0. The summed E-state index contributed by atoms with van der Waals surface area (Å²) in [6.45, 7) is 0. The first-order valence-corrected chi connectivity index (χ1v) is 1.22. The van der Waals surface area contributed by atoms with Crippen LogP contribution >= 0.6 is 0 Å². The molecule has 1 radical (unpaired) electrons. The normalized spacial score (nSPS) is 2.00. The van der Waals surface area contributed by atoms with Crippen LogP contribution in [0.25, 0.3) is 0 Å². The zero-order valence-corrected chi connectivity index (χ0v) is 5.04. The Kier molecular flexibility index (Phi) is 21.6. The third kappa shape index (κ3) is 24.4. The summed E-state index contributed by atoms with van der Waals surface area (Å²) in [5.74, 6) is 0. The Morgan fingerprint density at radius 2 is 1.25 bits per heavy atom. The van der Waals surface area contributed by atoms with Gasteiger partial charge in [-0.1, -0.05) is 0 Å². The molecule has 0 fully saturated rings. The molecule has 0 heterocycles. The minimum absolute atomic E-state index is 0. The minimum atomic E-state index is -1.42. The Morgan fingerprint density at radius 3 is 1.25 bits per heavy atom. The molecule has 0 aliphatic rings. The maximum atomic E-state index is 8.40. The maximum Gasteiger partial charge on any atom is 0.549 e. The molecule has 0 amide bonds. The van der Waals surface area contributed by atoms with E-state index in [1.54, 1.807) is 0 Å². The second-order valence-electron chi connectivity index (χ2n) is 0.0833. The molecule has 0 atom stereocenters. The second-order valence-corrected chi connectivity index (χ2v) is 0.250. The van der Waals surface area contributed by atoms with E-state index < -0.39 is 9.29 Å². The van der Waals surface area contributed by atoms with Gasteiger partial charge in [-0.05, 0) is 0 Å². The van der Waals surface area contributed by atoms with Crippen LogP contribution in [0.2, 0.25) is 0 Å². The zero-order valence-electron chi connectivity index (χ0n) is 1.65. The van der Waals surface area contributed by atoms with Crippen molar-refractivity contribution in [2.45, 2.75) is 0 Å². The Bertz CT molecular complexity index is 27.0. The van der Waals surface area contributed by atoms with E-state index in [4.69, 9.17) is 8.92 Å². The summed E-state index contributed by atoms with van der Waals surface area (Å²) in [6.07, 6.45) is 0. The molecule has 0 aromatic heterocycles. The summed E-state index contributed by atoms with van der Waals surface area (Å²) < 4.78 is 16.8. The molecular weight excluding hydrogens is 252 g/mol. The molecule has 0 aromatic carbocycles. The molecule has 25 valence electrons. The Balaban J connectivity index is 0. The van der Waals surface area contributed by atoms with Gasteiger partial charge in [0, 0.05) is 20.1 Å². The second kappa shape index (κ2) is 9.81. The van der Waals surface area contributed by atoms with Crippen LogP contribution < -0.4 is 0 Å². The van der Waals surface area contributed by atoms with Gasteiger partial charge < -0.3 is 0 Å². The fourth-order valence-corrected chi connectivity index (χ4v) is 0. The average Bonchev–Trinajstić information content (AvgIpc) is 0.918. The fraction of sp³-hybridized carbons (Fsp3) is 0. The summed E-state index contributed by atoms with van der Waals surface area (Å²) in [5, 5.41) is 0. The van der Waals surface area contributed by atoms with E-state index in [0.29, 0.717) is 0 Å². The topological polar surface area (TPSA) is 34.1 Å². The van der Waals surface area contributed by atoms with Crippen molar-refractivity contribution >= 4 is 9.29 Å². The van der Waals surface area contributed by atoms with Crippen molar-refractivity contribution in [1.82, 2.24) is 0 Å². The first kappa shape index (κ1) is 8.82. The van der Waals surface area contributed by atoms with Crippen molar-refractivity contribution in [3.8, 4) is 0 Å². The van der Waals surface area contributed by atoms with E-state index in [0.717, 1.165) is 0 Å². The van der Waals surface area contributed by atoms with Gasteiger partial charge in [-0.3, -0.25) is 8.92 Å². The van der Waals surface area contributed by atoms with Gasteiger partial charge in [0.25, 0.3) is 0 Å². The predicted molar refractivity (Wildman–Crippen MR) is 7.13 cm³/mol. The van der Waals surface area contributed by atoms with E-state index in [2.05, 4.69) is 0 Å². The van der Waals surface area contributed by atoms with Crippen LogP contribution in [0.15, 0.2) is 0 Å². The van der Waals surface area contributed by atoms with Crippen LogP contribution in [-0.2, 0) is 29.0 Å². The first-order valence-electron chi connectivity index (χ1n) is 0.408. The third-order valence-corrected chi connectivity index (χ3v) is 0. The van der Waals surface area contributed by atoms with Crippen LogP contribution in [0.3, 0.4) is 0 Å². The van der Waals surface area contributed by atoms with E-state index in [1.165, 1.54) is 0 Å². The predicted octanol–water partition coefficient (Wildman–Crippen LogP) is -0.621. The van der Waals surface area contributed by atoms with Crippen LogP contribution in [0.5, 0.6) is 0 Å². The largest absolute Gasteiger partial charge is 0.549 e. The third-order valence-electron chi connectivity index (χ3n) is 0. The van der Waals surface area contributed by atoms with Crippen molar-refractivity contribution in [2.75, 3.05) is 0 Å². The van der Waals surface area contributed by atoms with Crippen LogP contribution in [0, 0.1) is 0 Å². The number of hydrogen-bond acceptors (Lipinski definition) is 2. The van der Waals surface area contributed by atoms with E-state index >= 15 is 0 Å². The molecule has 0 N–H and O–H groups in total. The number of rotatable bonds is 0. The standard InChI is InChI=1S/Ir.O2Si/c;1-3-2. The summed E-state index contributed by atoms with van der Waals surface area (Å²) in [5.41, 5.74) is 0. The van der Waals surface area contributed by atoms with Crippen LogP contribution in [0.1, 0.15) is 0 Å². The van der Waals surface area contributed by atoms with Crippen molar-refractivity contribution in [3.05, 3.63) is 0 Å². The fourth-order valence-electron chi connectivity index (χ4n) is 0. The summed E-state index contributed by atoms with van der Waals surface area (Å²) in [6, 6.07) is 0. The molecular formula is IrO2Si. The van der Waals surface area contributed by atoms with Gasteiger partial charge in [0.1, 0.15) is 0 Å². The van der Waals surface area contributed by atoms with Gasteiger partial charge >= 0.3 is 9.29 Å². The van der Waals surface area contributed by atoms with Crippen LogP contribution in [0.4, 0.5) is 0 Å². The van der Waals surface area contributed by atoms with Gasteiger partial charge in [-0.15, -0.1) is 0 Å². The quantitative estimate of drug-likeness (QED) is 0.538. The van der Waals surface area contributed by atoms with Gasteiger partial charge in [0.2, 0.25) is 0 Å². The molecule has 4 heteroatoms. The molecule has 2 nitrogen and oxygen atoms in total. The van der Waals surface area contributed by atoms with Crippen molar-refractivity contribution < 1.29 is 29.0 Å². The summed E-state index contributed by atoms with van der Waals surface area (Å²) in [4.78, 5) is 0. The Labute approximate surface area is 38.9 Å². The molecule has 0 aliphatic heterocycles. The van der Waals surface area contributed by atoms with Crippen molar-refractivity contribution in [3.63, 3.8) is 0 Å². The van der Waals surface area contributed by atoms with Gasteiger partial charge in [0.15, 0.2) is 0 Å². The molecule has 0 aliphatic carbocycles. The Hall–Kier alpha value is 0.466. The van der Waals surface area contributed by atoms with Crippen LogP contribution in [-0.4, -0.2) is 9.29 Å². The average molecular weight is 252 g/mol. The molecule has 0 bridgehead atoms. The minimum Gasteiger partial charge on any atom is -0.274 e. The van der Waals surface area contributed by atoms with Gasteiger partial charge in [-0.25, -0.2) is 0 Å². The SMILES string of the molecule is O=[Si]=O.[Ir]. The van der Waals surface area contributed by atoms with Crippen molar-refractivity contribution in [2.24, 2.45) is 0 Å². The molecule has 0 saturated heterocycles. The molecule has 0 rings (SSSR count). The maximum absolute atomic E-state index is 8.40. The summed E-state index contributed by atoms with van der Waals surface area (Å²) in [7, 11) is -1.42. The molecule has 4 heavy (non-hydrogen) atoms. The molecule has 0 aromatic rings. The molecule has 0 unspecified atom stereocenters. The Morgan fingerprint density at radius 1 is 1.25 bits per heavy atom. The molecule has 0 saturated carbocycles. The van der Waals surface area contributed by atoms with E-state index in [-0.39, 0.29) is 20.1 Å². The monoisotopic (exact) mass is 253 g/mol. The zero-order chi connectivity index (χ0) is 2.71. The van der Waals surface area contributed by atoms with Crippen molar-refractivity contribution in [1.29, 1.82) is 0 Å². The first-order chi connectivity index (χ1) is 1.41. The van der Waals surface area contributed by atoms with Gasteiger partial charge in [0.05, 0.1) is 0 Å². The molecule has 0 spiro atoms. The van der Waals surface area contributed by atoms with Gasteiger partial charge in [-0.2, -0.15) is 0 Å². The van der Waals surface area contributed by atoms with E-state index in [9.17, 15) is 0 Å². The number of hydrogen-bond donors (Lipinski definition) is 0.